The van der Waals surface area contributed by atoms with Crippen molar-refractivity contribution in [3.63, 3.8) is 0 Å². The topological polar surface area (TPSA) is 59.0 Å². The molecule has 5 heteroatoms. The fourth-order valence-electron chi connectivity index (χ4n) is 7.16. The molecule has 1 unspecified atom stereocenters. The molecule has 5 nitrogen and oxygen atoms in total. The van der Waals surface area contributed by atoms with Gasteiger partial charge in [-0.15, -0.1) is 0 Å². The van der Waals surface area contributed by atoms with Gasteiger partial charge in [-0.25, -0.2) is 0 Å². The summed E-state index contributed by atoms with van der Waals surface area (Å²) in [6.07, 6.45) is 7.49. The number of carbonyl (C=O) groups is 1. The predicted molar refractivity (Wildman–Crippen MR) is 108 cm³/mol. The Labute approximate surface area is 169 Å². The molecule has 2 saturated carbocycles. The van der Waals surface area contributed by atoms with Crippen molar-refractivity contribution in [2.45, 2.75) is 84.2 Å². The third kappa shape index (κ3) is 3.23. The molecule has 4 aliphatic rings. The Hall–Kier alpha value is -0.910. The third-order valence-electron chi connectivity index (χ3n) is 8.65. The van der Waals surface area contributed by atoms with Crippen molar-refractivity contribution in [1.29, 1.82) is 0 Å². The van der Waals surface area contributed by atoms with Crippen LogP contribution in [0.25, 0.3) is 0 Å². The molecular weight excluding hydrogens is 354 g/mol. The van der Waals surface area contributed by atoms with Gasteiger partial charge in [-0.3, -0.25) is 9.69 Å². The normalized spacial score (nSPS) is 46.8. The van der Waals surface area contributed by atoms with E-state index in [1.807, 2.05) is 6.92 Å². The maximum absolute atomic E-state index is 11.6. The molecule has 0 amide bonds. The van der Waals surface area contributed by atoms with Crippen LogP contribution in [-0.2, 0) is 14.3 Å². The van der Waals surface area contributed by atoms with Gasteiger partial charge in [0.1, 0.15) is 6.04 Å². The molecule has 2 aliphatic carbocycles. The number of carboxylic acids is 1. The van der Waals surface area contributed by atoms with Gasteiger partial charge in [0.05, 0.1) is 12.7 Å². The van der Waals surface area contributed by atoms with Gasteiger partial charge in [0.25, 0.3) is 0 Å². The van der Waals surface area contributed by atoms with E-state index in [2.05, 4.69) is 25.3 Å². The summed E-state index contributed by atoms with van der Waals surface area (Å²) < 4.78 is 12.2. The summed E-state index contributed by atoms with van der Waals surface area (Å²) >= 11 is 0. The van der Waals surface area contributed by atoms with Crippen LogP contribution in [0, 0.1) is 22.7 Å². The minimum atomic E-state index is -0.664. The quantitative estimate of drug-likeness (QED) is 0.732. The number of nitrogens with zero attached hydrogens (tertiary/aromatic N) is 1. The second kappa shape index (κ2) is 7.41. The number of hydrogen-bond donors (Lipinski definition) is 1. The number of carboxylic acid groups (broad SMARTS) is 1. The zero-order valence-corrected chi connectivity index (χ0v) is 17.8. The Morgan fingerprint density at radius 3 is 2.82 bits per heavy atom. The molecule has 0 aromatic rings. The van der Waals surface area contributed by atoms with Crippen LogP contribution in [0.2, 0.25) is 0 Å². The molecule has 7 atom stereocenters. The Balaban J connectivity index is 1.52. The summed E-state index contributed by atoms with van der Waals surface area (Å²) in [5.41, 5.74) is 1.64. The van der Waals surface area contributed by atoms with E-state index < -0.39 is 5.97 Å². The van der Waals surface area contributed by atoms with Crippen LogP contribution in [0.15, 0.2) is 12.2 Å². The molecule has 28 heavy (non-hydrogen) atoms. The van der Waals surface area contributed by atoms with Gasteiger partial charge in [0.15, 0.2) is 6.29 Å². The number of likely N-dealkylation sites (tertiary alicyclic amines) is 1. The average Bonchev–Trinajstić information content (AvgIpc) is 3.10. The lowest BCUT2D eigenvalue weighted by Gasteiger charge is -2.62. The third-order valence-corrected chi connectivity index (χ3v) is 8.65. The number of allylic oxidation sites excluding steroid dienone is 1. The van der Waals surface area contributed by atoms with E-state index in [4.69, 9.17) is 9.47 Å². The van der Waals surface area contributed by atoms with Gasteiger partial charge >= 0.3 is 5.97 Å². The molecule has 158 valence electrons. The number of fused-ring (bicyclic) bond motifs is 3. The van der Waals surface area contributed by atoms with Gasteiger partial charge in [-0.2, -0.15) is 0 Å². The lowest BCUT2D eigenvalue weighted by atomic mass is 9.46. The van der Waals surface area contributed by atoms with Crippen LogP contribution >= 0.6 is 0 Å². The van der Waals surface area contributed by atoms with Crippen molar-refractivity contribution in [1.82, 2.24) is 4.90 Å². The van der Waals surface area contributed by atoms with Crippen molar-refractivity contribution >= 4 is 5.97 Å². The summed E-state index contributed by atoms with van der Waals surface area (Å²) in [4.78, 5) is 13.7. The van der Waals surface area contributed by atoms with Crippen LogP contribution in [0.4, 0.5) is 0 Å². The smallest absolute Gasteiger partial charge is 0.320 e. The molecule has 0 bridgehead atoms. The van der Waals surface area contributed by atoms with E-state index in [-0.39, 0.29) is 29.3 Å². The van der Waals surface area contributed by atoms with Crippen LogP contribution < -0.4 is 0 Å². The molecule has 0 radical (unpaired) electrons. The minimum Gasteiger partial charge on any atom is -0.480 e. The Morgan fingerprint density at radius 2 is 2.07 bits per heavy atom. The van der Waals surface area contributed by atoms with E-state index in [1.54, 1.807) is 0 Å². The second-order valence-electron chi connectivity index (χ2n) is 10.2. The summed E-state index contributed by atoms with van der Waals surface area (Å²) in [7, 11) is 0. The van der Waals surface area contributed by atoms with Gasteiger partial charge in [0.2, 0.25) is 0 Å². The zero-order valence-electron chi connectivity index (χ0n) is 17.8. The van der Waals surface area contributed by atoms with Crippen LogP contribution in [0.5, 0.6) is 0 Å². The highest BCUT2D eigenvalue weighted by atomic mass is 16.7. The summed E-state index contributed by atoms with van der Waals surface area (Å²) in [5, 5.41) is 9.51. The highest BCUT2D eigenvalue weighted by Crippen LogP contribution is 2.63. The van der Waals surface area contributed by atoms with Crippen LogP contribution in [0.3, 0.4) is 0 Å². The largest absolute Gasteiger partial charge is 0.480 e. The van der Waals surface area contributed by atoms with E-state index in [1.165, 1.54) is 12.0 Å². The van der Waals surface area contributed by atoms with E-state index in [0.717, 1.165) is 58.2 Å². The Kier molecular flexibility index (Phi) is 5.39. The summed E-state index contributed by atoms with van der Waals surface area (Å²) in [6.45, 7) is 13.9. The van der Waals surface area contributed by atoms with Crippen molar-refractivity contribution < 1.29 is 19.4 Å². The number of rotatable bonds is 4. The Bertz CT molecular complexity index is 636. The lowest BCUT2D eigenvalue weighted by molar-refractivity contribution is -0.297. The molecule has 2 aliphatic heterocycles. The van der Waals surface area contributed by atoms with Crippen molar-refractivity contribution in [2.24, 2.45) is 22.7 Å². The van der Waals surface area contributed by atoms with E-state index >= 15 is 0 Å². The highest BCUT2D eigenvalue weighted by molar-refractivity contribution is 5.73. The maximum atomic E-state index is 11.6. The Morgan fingerprint density at radius 1 is 1.29 bits per heavy atom. The van der Waals surface area contributed by atoms with E-state index in [9.17, 15) is 9.90 Å². The fourth-order valence-corrected chi connectivity index (χ4v) is 7.16. The van der Waals surface area contributed by atoms with E-state index in [0.29, 0.717) is 11.8 Å². The fraction of sp³-hybridized carbons (Fsp3) is 0.870. The van der Waals surface area contributed by atoms with Gasteiger partial charge in [-0.05, 0) is 82.2 Å². The van der Waals surface area contributed by atoms with Crippen LogP contribution in [0.1, 0.15) is 65.7 Å². The zero-order chi connectivity index (χ0) is 20.1. The molecular formula is C23H37NO4. The number of aliphatic carboxylic acids is 1. The average molecular weight is 392 g/mol. The summed E-state index contributed by atoms with van der Waals surface area (Å²) in [6, 6.07) is -0.296. The molecule has 1 N–H and O–H groups in total. The molecule has 0 spiro atoms. The molecule has 0 aromatic heterocycles. The maximum Gasteiger partial charge on any atom is 0.320 e. The van der Waals surface area contributed by atoms with Gasteiger partial charge in [-0.1, -0.05) is 26.0 Å². The highest BCUT2D eigenvalue weighted by Gasteiger charge is 2.59. The van der Waals surface area contributed by atoms with Crippen molar-refractivity contribution in [2.75, 3.05) is 19.7 Å². The minimum absolute atomic E-state index is 0.0652. The number of ether oxygens (including phenoxy) is 2. The summed E-state index contributed by atoms with van der Waals surface area (Å²) in [5.74, 6) is 0.358. The lowest BCUT2D eigenvalue weighted by Crippen LogP contribution is -2.61. The van der Waals surface area contributed by atoms with Crippen molar-refractivity contribution in [3.8, 4) is 0 Å². The monoisotopic (exact) mass is 391 g/mol. The SMILES string of the molecule is C=C1CCC2[C@]3(C)CO[C@@H](C)O[C@@H]3CC[C@@]2(C)[C@@H]1CCN1CCC[C@@H]1C(=O)O. The molecule has 2 saturated heterocycles. The van der Waals surface area contributed by atoms with Gasteiger partial charge in [0, 0.05) is 5.41 Å². The first-order valence-electron chi connectivity index (χ1n) is 11.2. The predicted octanol–water partition coefficient (Wildman–Crippen LogP) is 4.08. The molecule has 2 heterocycles. The first-order chi connectivity index (χ1) is 13.3. The van der Waals surface area contributed by atoms with Crippen molar-refractivity contribution in [3.05, 3.63) is 12.2 Å². The second-order valence-corrected chi connectivity index (χ2v) is 10.2. The first kappa shape index (κ1) is 20.4. The molecule has 0 aromatic carbocycles. The standard InChI is InChI=1S/C23H37NO4/c1-15-7-8-19-22(3,11-9-20-23(19,4)14-27-16(2)28-20)17(15)10-13-24-12-5-6-18(24)21(25)26/h16-20H,1,5-14H2,2-4H3,(H,25,26)/t16-,17-,18-,19?,20-,22+,23+/m1/s1. The number of hydrogen-bond acceptors (Lipinski definition) is 4. The van der Waals surface area contributed by atoms with Crippen LogP contribution in [-0.4, -0.2) is 54.1 Å². The first-order valence-corrected chi connectivity index (χ1v) is 11.2. The molecule has 4 fully saturated rings. The molecule has 4 rings (SSSR count). The van der Waals surface area contributed by atoms with Gasteiger partial charge < -0.3 is 14.6 Å².